The van der Waals surface area contributed by atoms with Gasteiger partial charge in [-0.15, -0.1) is 0 Å². The van der Waals surface area contributed by atoms with Crippen molar-refractivity contribution in [2.24, 2.45) is 11.7 Å². The first-order valence-corrected chi connectivity index (χ1v) is 7.48. The van der Waals surface area contributed by atoms with Crippen LogP contribution in [0.1, 0.15) is 26.2 Å². The van der Waals surface area contributed by atoms with E-state index >= 15 is 0 Å². The number of ether oxygens (including phenoxy) is 1. The molecule has 0 bridgehead atoms. The van der Waals surface area contributed by atoms with Crippen LogP contribution < -0.4 is 11.1 Å². The van der Waals surface area contributed by atoms with Gasteiger partial charge >= 0.3 is 0 Å². The third-order valence-electron chi connectivity index (χ3n) is 3.56. The van der Waals surface area contributed by atoms with E-state index in [2.05, 4.69) is 12.2 Å². The summed E-state index contributed by atoms with van der Waals surface area (Å²) in [7, 11) is 0. The lowest BCUT2D eigenvalue weighted by Crippen LogP contribution is -2.60. The van der Waals surface area contributed by atoms with Crippen molar-refractivity contribution in [3.8, 4) is 0 Å². The van der Waals surface area contributed by atoms with E-state index in [4.69, 9.17) is 10.5 Å². The Balaban J connectivity index is 1.94. The van der Waals surface area contributed by atoms with Crippen LogP contribution in [0.3, 0.4) is 0 Å². The molecule has 1 saturated heterocycles. The summed E-state index contributed by atoms with van der Waals surface area (Å²) in [5, 5.41) is 3.96. The molecule has 1 aliphatic heterocycles. The number of amides is 1. The predicted octanol–water partition coefficient (Wildman–Crippen LogP) is 0.752. The molecule has 4 nitrogen and oxygen atoms in total. The Kier molecular flexibility index (Phi) is 4.33. The number of nitrogens with two attached hydrogens (primary N) is 1. The van der Waals surface area contributed by atoms with Gasteiger partial charge in [0.05, 0.1) is 18.5 Å². The van der Waals surface area contributed by atoms with Gasteiger partial charge < -0.3 is 15.8 Å². The van der Waals surface area contributed by atoms with Crippen LogP contribution in [0.4, 0.5) is 0 Å². The second kappa shape index (κ2) is 5.59. The molecule has 2 rings (SSSR count). The molecule has 0 aromatic heterocycles. The molecule has 0 radical (unpaired) electrons. The Hall–Kier alpha value is -0.260. The maximum Gasteiger partial charge on any atom is 0.238 e. The lowest BCUT2D eigenvalue weighted by atomic mass is 9.94. The van der Waals surface area contributed by atoms with Crippen LogP contribution in [0, 0.1) is 5.92 Å². The third-order valence-corrected chi connectivity index (χ3v) is 4.92. The third kappa shape index (κ3) is 2.95. The zero-order chi connectivity index (χ0) is 12.3. The van der Waals surface area contributed by atoms with Crippen LogP contribution >= 0.6 is 11.8 Å². The second-order valence-electron chi connectivity index (χ2n) is 5.01. The number of carbonyl (C=O) groups excluding carboxylic acids is 1. The highest BCUT2D eigenvalue weighted by molar-refractivity contribution is 8.00. The van der Waals surface area contributed by atoms with E-state index in [0.29, 0.717) is 11.2 Å². The van der Waals surface area contributed by atoms with Crippen LogP contribution in [0.5, 0.6) is 0 Å². The van der Waals surface area contributed by atoms with E-state index in [-0.39, 0.29) is 5.91 Å². The first-order chi connectivity index (χ1) is 8.19. The lowest BCUT2D eigenvalue weighted by Gasteiger charge is -2.35. The number of carbonyl (C=O) groups is 1. The molecule has 1 aliphatic carbocycles. The van der Waals surface area contributed by atoms with E-state index in [1.165, 1.54) is 0 Å². The minimum absolute atomic E-state index is 0.179. The number of thioether (sulfide) groups is 1. The molecule has 1 heterocycles. The normalized spacial score (nSPS) is 24.1. The van der Waals surface area contributed by atoms with Gasteiger partial charge in [0.25, 0.3) is 0 Å². The quantitative estimate of drug-likeness (QED) is 0.674. The minimum Gasteiger partial charge on any atom is -0.379 e. The first kappa shape index (κ1) is 13.2. The van der Waals surface area contributed by atoms with Gasteiger partial charge in [-0.1, -0.05) is 6.92 Å². The SMILES string of the molecule is CCCNC(CSC1COC1)(C(N)=O)C1CC1. The monoisotopic (exact) mass is 258 g/mol. The summed E-state index contributed by atoms with van der Waals surface area (Å²) in [5.74, 6) is 1.06. The summed E-state index contributed by atoms with van der Waals surface area (Å²) < 4.78 is 5.16. The van der Waals surface area contributed by atoms with Crippen molar-refractivity contribution < 1.29 is 9.53 Å². The molecule has 3 N–H and O–H groups in total. The van der Waals surface area contributed by atoms with Crippen molar-refractivity contribution in [3.05, 3.63) is 0 Å². The molecule has 17 heavy (non-hydrogen) atoms. The van der Waals surface area contributed by atoms with Crippen LogP contribution in [0.15, 0.2) is 0 Å². The van der Waals surface area contributed by atoms with Crippen molar-refractivity contribution >= 4 is 17.7 Å². The molecular formula is C12H22N2O2S. The zero-order valence-electron chi connectivity index (χ0n) is 10.4. The highest BCUT2D eigenvalue weighted by Crippen LogP contribution is 2.42. The lowest BCUT2D eigenvalue weighted by molar-refractivity contribution is -0.124. The van der Waals surface area contributed by atoms with Gasteiger partial charge in [0.2, 0.25) is 5.91 Å². The Labute approximate surface area is 107 Å². The van der Waals surface area contributed by atoms with Gasteiger partial charge in [0, 0.05) is 5.75 Å². The zero-order valence-corrected chi connectivity index (χ0v) is 11.2. The molecule has 5 heteroatoms. The first-order valence-electron chi connectivity index (χ1n) is 6.43. The fourth-order valence-corrected chi connectivity index (χ4v) is 3.52. The number of hydrogen-bond donors (Lipinski definition) is 2. The molecule has 0 spiro atoms. The number of nitrogens with one attached hydrogen (secondary N) is 1. The molecule has 1 amide bonds. The molecule has 0 aromatic carbocycles. The van der Waals surface area contributed by atoms with Gasteiger partial charge in [-0.3, -0.25) is 4.79 Å². The molecule has 2 aliphatic rings. The standard InChI is InChI=1S/C12H22N2O2S/c1-2-5-14-12(11(13)15,9-3-4-9)8-17-10-6-16-7-10/h9-10,14H,2-8H2,1H3,(H2,13,15). The van der Waals surface area contributed by atoms with E-state index in [1.54, 1.807) is 0 Å². The fourth-order valence-electron chi connectivity index (χ4n) is 2.16. The van der Waals surface area contributed by atoms with Crippen molar-refractivity contribution in [2.75, 3.05) is 25.5 Å². The van der Waals surface area contributed by atoms with Crippen LogP contribution in [-0.2, 0) is 9.53 Å². The summed E-state index contributed by atoms with van der Waals surface area (Å²) in [6.07, 6.45) is 3.28. The molecule has 2 fully saturated rings. The second-order valence-corrected chi connectivity index (χ2v) is 6.30. The topological polar surface area (TPSA) is 64.3 Å². The Morgan fingerprint density at radius 2 is 2.24 bits per heavy atom. The van der Waals surface area contributed by atoms with Gasteiger partial charge in [-0.05, 0) is 31.7 Å². The number of rotatable bonds is 8. The maximum absolute atomic E-state index is 11.8. The van der Waals surface area contributed by atoms with E-state index in [1.807, 2.05) is 11.8 Å². The Morgan fingerprint density at radius 1 is 1.53 bits per heavy atom. The smallest absolute Gasteiger partial charge is 0.238 e. The minimum atomic E-state index is -0.476. The van der Waals surface area contributed by atoms with Crippen molar-refractivity contribution in [1.29, 1.82) is 0 Å². The summed E-state index contributed by atoms with van der Waals surface area (Å²) in [6, 6.07) is 0. The molecule has 1 unspecified atom stereocenters. The van der Waals surface area contributed by atoms with Crippen LogP contribution in [-0.4, -0.2) is 42.2 Å². The van der Waals surface area contributed by atoms with E-state index in [0.717, 1.165) is 44.8 Å². The number of primary amides is 1. The summed E-state index contributed by atoms with van der Waals surface area (Å²) in [5.41, 5.74) is 5.18. The largest absolute Gasteiger partial charge is 0.379 e. The van der Waals surface area contributed by atoms with Gasteiger partial charge in [0.15, 0.2) is 0 Å². The average molecular weight is 258 g/mol. The van der Waals surface area contributed by atoms with Gasteiger partial charge in [-0.2, -0.15) is 11.8 Å². The molecule has 98 valence electrons. The highest BCUT2D eigenvalue weighted by Gasteiger charge is 2.49. The van der Waals surface area contributed by atoms with Crippen molar-refractivity contribution in [1.82, 2.24) is 5.32 Å². The van der Waals surface area contributed by atoms with Crippen LogP contribution in [0.2, 0.25) is 0 Å². The van der Waals surface area contributed by atoms with E-state index in [9.17, 15) is 4.79 Å². The molecule has 0 aromatic rings. The highest BCUT2D eigenvalue weighted by atomic mass is 32.2. The molecule has 1 atom stereocenters. The van der Waals surface area contributed by atoms with Crippen molar-refractivity contribution in [3.63, 3.8) is 0 Å². The summed E-state index contributed by atoms with van der Waals surface area (Å²) in [4.78, 5) is 11.8. The number of hydrogen-bond acceptors (Lipinski definition) is 4. The average Bonchev–Trinajstić information content (AvgIpc) is 3.04. The maximum atomic E-state index is 11.8. The summed E-state index contributed by atoms with van der Waals surface area (Å²) in [6.45, 7) is 4.61. The summed E-state index contributed by atoms with van der Waals surface area (Å²) >= 11 is 1.83. The molecular weight excluding hydrogens is 236 g/mol. The van der Waals surface area contributed by atoms with Crippen LogP contribution in [0.25, 0.3) is 0 Å². The van der Waals surface area contributed by atoms with Crippen molar-refractivity contribution in [2.45, 2.75) is 37.0 Å². The fraction of sp³-hybridized carbons (Fsp3) is 0.917. The Bertz CT molecular complexity index is 280. The predicted molar refractivity (Wildman–Crippen MR) is 70.0 cm³/mol. The Morgan fingerprint density at radius 3 is 2.65 bits per heavy atom. The van der Waals surface area contributed by atoms with Gasteiger partial charge in [0.1, 0.15) is 5.54 Å². The van der Waals surface area contributed by atoms with E-state index < -0.39 is 5.54 Å². The van der Waals surface area contributed by atoms with Gasteiger partial charge in [-0.25, -0.2) is 0 Å². The molecule has 1 saturated carbocycles.